The third-order valence-corrected chi connectivity index (χ3v) is 7.65. The first-order valence-electron chi connectivity index (χ1n) is 14.2. The summed E-state index contributed by atoms with van der Waals surface area (Å²) in [6, 6.07) is 21.8. The van der Waals surface area contributed by atoms with E-state index in [4.69, 9.17) is 4.74 Å². The number of ether oxygens (including phenoxy) is 1. The predicted octanol–water partition coefficient (Wildman–Crippen LogP) is 5.23. The van der Waals surface area contributed by atoms with E-state index < -0.39 is 6.03 Å². The second-order valence-electron chi connectivity index (χ2n) is 11.0. The lowest BCUT2D eigenvalue weighted by Crippen LogP contribution is -2.49. The Balaban J connectivity index is 1.37. The number of likely N-dealkylation sites (N-methyl/N-ethyl adjacent to an activating group) is 1. The summed E-state index contributed by atoms with van der Waals surface area (Å²) in [6.07, 6.45) is 3.34. The Morgan fingerprint density at radius 1 is 1.10 bits per heavy atom. The van der Waals surface area contributed by atoms with Crippen LogP contribution in [0.5, 0.6) is 5.75 Å². The minimum Gasteiger partial charge on any atom is -0.488 e. The van der Waals surface area contributed by atoms with E-state index in [-0.39, 0.29) is 30.6 Å². The lowest BCUT2D eigenvalue weighted by atomic mass is 9.99. The van der Waals surface area contributed by atoms with Gasteiger partial charge in [-0.3, -0.25) is 14.7 Å². The van der Waals surface area contributed by atoms with E-state index >= 15 is 0 Å². The summed E-state index contributed by atoms with van der Waals surface area (Å²) in [4.78, 5) is 34.7. The molecule has 0 spiro atoms. The Morgan fingerprint density at radius 2 is 1.86 bits per heavy atom. The van der Waals surface area contributed by atoms with Crippen molar-refractivity contribution in [3.05, 3.63) is 96.3 Å². The molecule has 3 amide bonds. The number of nitrogens with one attached hydrogen (secondary N) is 2. The highest BCUT2D eigenvalue weighted by atomic mass is 16.5. The molecule has 1 aliphatic rings. The van der Waals surface area contributed by atoms with Crippen LogP contribution in [0.1, 0.15) is 29.8 Å². The number of pyridine rings is 1. The van der Waals surface area contributed by atoms with Crippen LogP contribution in [0.4, 0.5) is 16.2 Å². The van der Waals surface area contributed by atoms with Crippen molar-refractivity contribution in [3.63, 3.8) is 0 Å². The Morgan fingerprint density at radius 3 is 2.64 bits per heavy atom. The van der Waals surface area contributed by atoms with Gasteiger partial charge >= 0.3 is 6.03 Å². The van der Waals surface area contributed by atoms with Gasteiger partial charge in [-0.2, -0.15) is 0 Å². The third-order valence-electron chi connectivity index (χ3n) is 7.65. The summed E-state index contributed by atoms with van der Waals surface area (Å²) in [5.41, 5.74) is 2.63. The van der Waals surface area contributed by atoms with E-state index in [1.54, 1.807) is 35.5 Å². The quantitative estimate of drug-likeness (QED) is 0.269. The smallest absolute Gasteiger partial charge is 0.323 e. The molecule has 0 bridgehead atoms. The molecule has 2 heterocycles. The van der Waals surface area contributed by atoms with E-state index in [1.807, 2.05) is 68.6 Å². The summed E-state index contributed by atoms with van der Waals surface area (Å²) in [6.45, 7) is 5.52. The van der Waals surface area contributed by atoms with Gasteiger partial charge in [0.25, 0.3) is 5.91 Å². The molecule has 0 radical (unpaired) electrons. The zero-order valence-corrected chi connectivity index (χ0v) is 24.2. The average molecular weight is 568 g/mol. The van der Waals surface area contributed by atoms with Crippen molar-refractivity contribution < 1.29 is 19.4 Å². The molecule has 1 aromatic heterocycles. The number of anilines is 2. The molecule has 9 heteroatoms. The lowest BCUT2D eigenvalue weighted by molar-refractivity contribution is 0.0341. The molecule has 0 unspecified atom stereocenters. The van der Waals surface area contributed by atoms with Gasteiger partial charge in [-0.25, -0.2) is 4.79 Å². The summed E-state index contributed by atoms with van der Waals surface area (Å²) in [7, 11) is 2.04. The fourth-order valence-corrected chi connectivity index (χ4v) is 5.31. The maximum absolute atomic E-state index is 13.8. The first kappa shape index (κ1) is 29.0. The number of amides is 3. The van der Waals surface area contributed by atoms with Crippen molar-refractivity contribution in [1.29, 1.82) is 0 Å². The molecule has 42 heavy (non-hydrogen) atoms. The van der Waals surface area contributed by atoms with Crippen LogP contribution in [0.15, 0.2) is 85.2 Å². The number of nitrogens with zero attached hydrogens (tertiary/aromatic N) is 3. The normalized spacial score (nSPS) is 17.6. The number of urea groups is 1. The molecular weight excluding hydrogens is 530 g/mol. The molecule has 4 aromatic rings. The van der Waals surface area contributed by atoms with Gasteiger partial charge in [0, 0.05) is 49.0 Å². The highest BCUT2D eigenvalue weighted by Crippen LogP contribution is 2.31. The Hall–Kier alpha value is -4.47. The minimum atomic E-state index is -0.421. The van der Waals surface area contributed by atoms with Crippen LogP contribution >= 0.6 is 0 Å². The molecule has 3 aromatic carbocycles. The van der Waals surface area contributed by atoms with Crippen LogP contribution in [0.3, 0.4) is 0 Å². The van der Waals surface area contributed by atoms with Crippen molar-refractivity contribution in [2.45, 2.75) is 32.5 Å². The lowest BCUT2D eigenvalue weighted by Gasteiger charge is -2.38. The maximum atomic E-state index is 13.8. The van der Waals surface area contributed by atoms with Crippen LogP contribution in [-0.4, -0.2) is 70.7 Å². The molecule has 5 rings (SSSR count). The summed E-state index contributed by atoms with van der Waals surface area (Å²) in [5, 5.41) is 17.7. The molecule has 218 valence electrons. The Kier molecular flexibility index (Phi) is 9.00. The van der Waals surface area contributed by atoms with Gasteiger partial charge in [0.1, 0.15) is 11.9 Å². The number of hydrogen-bond acceptors (Lipinski definition) is 6. The van der Waals surface area contributed by atoms with Gasteiger partial charge in [-0.15, -0.1) is 0 Å². The zero-order chi connectivity index (χ0) is 29.6. The molecule has 0 saturated carbocycles. The number of rotatable bonds is 8. The van der Waals surface area contributed by atoms with Gasteiger partial charge in [0.15, 0.2) is 0 Å². The summed E-state index contributed by atoms with van der Waals surface area (Å²) >= 11 is 0. The first-order valence-corrected chi connectivity index (χ1v) is 14.2. The molecule has 1 aliphatic heterocycles. The van der Waals surface area contributed by atoms with Crippen molar-refractivity contribution in [2.75, 3.05) is 37.4 Å². The van der Waals surface area contributed by atoms with Crippen LogP contribution in [0, 0.1) is 5.92 Å². The van der Waals surface area contributed by atoms with E-state index in [0.717, 1.165) is 22.9 Å². The largest absolute Gasteiger partial charge is 0.488 e. The molecule has 9 nitrogen and oxygen atoms in total. The Bertz CT molecular complexity index is 1540. The summed E-state index contributed by atoms with van der Waals surface area (Å²) in [5.74, 6) is 0.198. The van der Waals surface area contributed by atoms with Crippen molar-refractivity contribution in [3.8, 4) is 5.75 Å². The Labute approximate surface area is 246 Å². The van der Waals surface area contributed by atoms with Crippen molar-refractivity contribution >= 4 is 34.1 Å². The summed E-state index contributed by atoms with van der Waals surface area (Å²) < 4.78 is 6.50. The van der Waals surface area contributed by atoms with E-state index in [1.165, 1.54) is 0 Å². The molecule has 0 saturated heterocycles. The average Bonchev–Trinajstić information content (AvgIpc) is 2.99. The number of hydrogen-bond donors (Lipinski definition) is 3. The first-order chi connectivity index (χ1) is 20.3. The van der Waals surface area contributed by atoms with Gasteiger partial charge in [0.2, 0.25) is 0 Å². The van der Waals surface area contributed by atoms with Crippen LogP contribution in [-0.2, 0) is 6.54 Å². The highest BCUT2D eigenvalue weighted by Gasteiger charge is 2.33. The molecule has 3 atom stereocenters. The number of carbonyl (C=O) groups excluding carboxylic acids is 2. The van der Waals surface area contributed by atoms with Crippen LogP contribution in [0.2, 0.25) is 0 Å². The fraction of sp³-hybridized carbons (Fsp3) is 0.303. The number of aromatic nitrogens is 1. The molecular formula is C33H37N5O4. The highest BCUT2D eigenvalue weighted by molar-refractivity contribution is 6.07. The molecule has 0 fully saturated rings. The number of fused-ring (bicyclic) bond motifs is 2. The third kappa shape index (κ3) is 6.70. The van der Waals surface area contributed by atoms with Gasteiger partial charge in [-0.1, -0.05) is 43.3 Å². The van der Waals surface area contributed by atoms with Crippen molar-refractivity contribution in [2.24, 2.45) is 5.92 Å². The van der Waals surface area contributed by atoms with E-state index in [9.17, 15) is 14.7 Å². The van der Waals surface area contributed by atoms with Gasteiger partial charge < -0.3 is 25.4 Å². The van der Waals surface area contributed by atoms with Crippen LogP contribution < -0.4 is 15.4 Å². The number of carbonyl (C=O) groups is 2. The standard InChI is InChI=1S/C33H37N5O4/c1-22-18-38(23(2)21-39)32(40)28-17-26(35-33(41)36-29-10-6-8-25-7-4-5-9-27(25)29)11-12-30(28)42-31(22)20-37(3)19-24-13-15-34-16-14-24/h4-17,22-23,31,39H,18-21H2,1-3H3,(H2,35,36,41)/t22-,23+,31-/m1/s1. The zero-order valence-electron chi connectivity index (χ0n) is 24.2. The minimum absolute atomic E-state index is 0.000245. The topological polar surface area (TPSA) is 107 Å². The molecule has 0 aliphatic carbocycles. The fourth-order valence-electron chi connectivity index (χ4n) is 5.31. The number of benzene rings is 3. The predicted molar refractivity (Wildman–Crippen MR) is 165 cm³/mol. The van der Waals surface area contributed by atoms with Crippen LogP contribution in [0.25, 0.3) is 10.8 Å². The maximum Gasteiger partial charge on any atom is 0.323 e. The number of aliphatic hydroxyl groups excluding tert-OH is 1. The van der Waals surface area contributed by atoms with Gasteiger partial charge in [0.05, 0.1) is 23.9 Å². The number of aliphatic hydroxyl groups is 1. The SMILES string of the molecule is C[C@@H]1CN([C@@H](C)CO)C(=O)c2cc(NC(=O)Nc3cccc4ccccc34)ccc2O[C@@H]1CN(C)Cc1ccncc1. The molecule has 3 N–H and O–H groups in total. The van der Waals surface area contributed by atoms with E-state index in [2.05, 4.69) is 27.4 Å². The second kappa shape index (κ2) is 13.0. The van der Waals surface area contributed by atoms with E-state index in [0.29, 0.717) is 35.8 Å². The van der Waals surface area contributed by atoms with Crippen molar-refractivity contribution in [1.82, 2.24) is 14.8 Å². The second-order valence-corrected chi connectivity index (χ2v) is 11.0. The van der Waals surface area contributed by atoms with Gasteiger partial charge in [-0.05, 0) is 61.3 Å². The monoisotopic (exact) mass is 567 g/mol.